The molecule has 0 unspecified atom stereocenters. The van der Waals surface area contributed by atoms with E-state index in [0.29, 0.717) is 19.6 Å². The molecule has 0 bridgehead atoms. The van der Waals surface area contributed by atoms with Crippen LogP contribution in [0.3, 0.4) is 0 Å². The van der Waals surface area contributed by atoms with Gasteiger partial charge in [-0.3, -0.25) is 9.69 Å². The van der Waals surface area contributed by atoms with Gasteiger partial charge in [0, 0.05) is 6.54 Å². The van der Waals surface area contributed by atoms with Crippen LogP contribution in [0.5, 0.6) is 5.75 Å². The molecule has 1 atom stereocenters. The summed E-state index contributed by atoms with van der Waals surface area (Å²) in [7, 11) is 0. The highest BCUT2D eigenvalue weighted by Crippen LogP contribution is 2.24. The second-order valence-electron chi connectivity index (χ2n) is 6.34. The highest BCUT2D eigenvalue weighted by atomic mass is 16.5. The Morgan fingerprint density at radius 3 is 2.64 bits per heavy atom. The highest BCUT2D eigenvalue weighted by Gasteiger charge is 2.24. The summed E-state index contributed by atoms with van der Waals surface area (Å²) in [6.07, 6.45) is 5.73. The minimum atomic E-state index is 0.00416. The molecule has 1 aliphatic rings. The molecule has 134 valence electrons. The van der Waals surface area contributed by atoms with Crippen LogP contribution in [-0.4, -0.2) is 37.0 Å². The molecular weight excluding hydrogens is 316 g/mol. The van der Waals surface area contributed by atoms with Crippen molar-refractivity contribution in [2.45, 2.75) is 31.7 Å². The molecule has 1 saturated heterocycles. The van der Waals surface area contributed by atoms with Gasteiger partial charge in [-0.1, -0.05) is 24.6 Å². The Hall–Kier alpha value is -2.27. The fourth-order valence-electron chi connectivity index (χ4n) is 3.20. The number of ether oxygens (including phenoxy) is 1. The molecule has 3 rings (SSSR count). The van der Waals surface area contributed by atoms with Crippen LogP contribution in [0.25, 0.3) is 0 Å². The summed E-state index contributed by atoms with van der Waals surface area (Å²) in [6, 6.07) is 13.6. The van der Waals surface area contributed by atoms with E-state index in [-0.39, 0.29) is 11.9 Å². The number of carbonyl (C=O) groups excluding carboxylic acids is 1. The molecule has 0 radical (unpaired) electrons. The number of nitrogens with one attached hydrogen (secondary N) is 1. The topological polar surface area (TPSA) is 54.7 Å². The maximum absolute atomic E-state index is 12.1. The smallest absolute Gasteiger partial charge is 0.223 e. The molecule has 0 spiro atoms. The van der Waals surface area contributed by atoms with E-state index in [1.807, 2.05) is 42.5 Å². The number of para-hydroxylation sites is 1. The molecular formula is C20H26N2O3. The highest BCUT2D eigenvalue weighted by molar-refractivity contribution is 5.76. The van der Waals surface area contributed by atoms with Crippen molar-refractivity contribution in [1.82, 2.24) is 10.2 Å². The van der Waals surface area contributed by atoms with Crippen LogP contribution in [-0.2, 0) is 4.79 Å². The number of carbonyl (C=O) groups is 1. The van der Waals surface area contributed by atoms with Gasteiger partial charge in [0.25, 0.3) is 0 Å². The fourth-order valence-corrected chi connectivity index (χ4v) is 3.20. The molecule has 2 aromatic rings. The van der Waals surface area contributed by atoms with Gasteiger partial charge in [-0.25, -0.2) is 0 Å². The standard InChI is InChI=1S/C20H26N2O3/c23-20(11-15-24-17-8-3-1-4-9-17)21-16-18(19-10-7-14-25-19)22-12-5-2-6-13-22/h1,3-4,7-10,14,18H,2,5-6,11-13,15-16H2,(H,21,23)/t18-/m1/s1. The van der Waals surface area contributed by atoms with Gasteiger partial charge in [0.15, 0.2) is 0 Å². The van der Waals surface area contributed by atoms with Crippen LogP contribution in [0.1, 0.15) is 37.5 Å². The van der Waals surface area contributed by atoms with E-state index in [0.717, 1.165) is 24.6 Å². The van der Waals surface area contributed by atoms with Crippen LogP contribution >= 0.6 is 0 Å². The number of hydrogen-bond acceptors (Lipinski definition) is 4. The van der Waals surface area contributed by atoms with E-state index >= 15 is 0 Å². The van der Waals surface area contributed by atoms with E-state index in [1.165, 1.54) is 19.3 Å². The van der Waals surface area contributed by atoms with Crippen LogP contribution in [0.4, 0.5) is 0 Å². The largest absolute Gasteiger partial charge is 0.493 e. The van der Waals surface area contributed by atoms with Crippen molar-refractivity contribution in [1.29, 1.82) is 0 Å². The average Bonchev–Trinajstić information content (AvgIpc) is 3.18. The Morgan fingerprint density at radius 2 is 1.92 bits per heavy atom. The second-order valence-corrected chi connectivity index (χ2v) is 6.34. The molecule has 25 heavy (non-hydrogen) atoms. The van der Waals surface area contributed by atoms with Gasteiger partial charge in [-0.15, -0.1) is 0 Å². The predicted octanol–water partition coefficient (Wildman–Crippen LogP) is 3.39. The van der Waals surface area contributed by atoms with Gasteiger partial charge < -0.3 is 14.5 Å². The van der Waals surface area contributed by atoms with Crippen molar-refractivity contribution in [3.8, 4) is 5.75 Å². The predicted molar refractivity (Wildman–Crippen MR) is 96.4 cm³/mol. The molecule has 1 aliphatic heterocycles. The zero-order valence-corrected chi connectivity index (χ0v) is 14.5. The van der Waals surface area contributed by atoms with Crippen molar-refractivity contribution in [3.05, 3.63) is 54.5 Å². The minimum absolute atomic E-state index is 0.00416. The Morgan fingerprint density at radius 1 is 1.12 bits per heavy atom. The number of amides is 1. The summed E-state index contributed by atoms with van der Waals surface area (Å²) >= 11 is 0. The molecule has 1 aromatic carbocycles. The maximum Gasteiger partial charge on any atom is 0.223 e. The van der Waals surface area contributed by atoms with Crippen molar-refractivity contribution < 1.29 is 13.9 Å². The SMILES string of the molecule is O=C(CCOc1ccccc1)NC[C@H](c1ccco1)N1CCCCC1. The van der Waals surface area contributed by atoms with Crippen molar-refractivity contribution in [3.63, 3.8) is 0 Å². The summed E-state index contributed by atoms with van der Waals surface area (Å²) < 4.78 is 11.2. The number of hydrogen-bond donors (Lipinski definition) is 1. The Kier molecular flexibility index (Phi) is 6.51. The van der Waals surface area contributed by atoms with Gasteiger partial charge in [-0.05, 0) is 50.2 Å². The Balaban J connectivity index is 1.46. The first-order valence-corrected chi connectivity index (χ1v) is 9.05. The number of piperidine rings is 1. The average molecular weight is 342 g/mol. The number of benzene rings is 1. The lowest BCUT2D eigenvalue weighted by Gasteiger charge is -2.33. The molecule has 5 nitrogen and oxygen atoms in total. The van der Waals surface area contributed by atoms with Gasteiger partial charge >= 0.3 is 0 Å². The van der Waals surface area contributed by atoms with E-state index in [9.17, 15) is 4.79 Å². The number of likely N-dealkylation sites (tertiary alicyclic amines) is 1. The second kappa shape index (κ2) is 9.28. The summed E-state index contributed by atoms with van der Waals surface area (Å²) in [6.45, 7) is 3.05. The number of furan rings is 1. The molecule has 0 aliphatic carbocycles. The van der Waals surface area contributed by atoms with Gasteiger partial charge in [0.1, 0.15) is 11.5 Å². The molecule has 1 amide bonds. The molecule has 5 heteroatoms. The minimum Gasteiger partial charge on any atom is -0.493 e. The zero-order valence-electron chi connectivity index (χ0n) is 14.5. The zero-order chi connectivity index (χ0) is 17.3. The maximum atomic E-state index is 12.1. The fraction of sp³-hybridized carbons (Fsp3) is 0.450. The lowest BCUT2D eigenvalue weighted by Crippen LogP contribution is -2.40. The van der Waals surface area contributed by atoms with E-state index in [4.69, 9.17) is 9.15 Å². The lowest BCUT2D eigenvalue weighted by molar-refractivity contribution is -0.121. The van der Waals surface area contributed by atoms with Crippen molar-refractivity contribution >= 4 is 5.91 Å². The first kappa shape index (κ1) is 17.5. The van der Waals surface area contributed by atoms with Crippen LogP contribution in [0.15, 0.2) is 53.1 Å². The molecule has 0 saturated carbocycles. The molecule has 1 aromatic heterocycles. The third-order valence-electron chi connectivity index (χ3n) is 4.54. The van der Waals surface area contributed by atoms with Crippen LogP contribution in [0.2, 0.25) is 0 Å². The quantitative estimate of drug-likeness (QED) is 0.799. The van der Waals surface area contributed by atoms with E-state index in [1.54, 1.807) is 6.26 Å². The van der Waals surface area contributed by atoms with Gasteiger partial charge in [-0.2, -0.15) is 0 Å². The van der Waals surface area contributed by atoms with Crippen LogP contribution < -0.4 is 10.1 Å². The van der Waals surface area contributed by atoms with Gasteiger partial charge in [0.2, 0.25) is 5.91 Å². The third kappa shape index (κ3) is 5.36. The summed E-state index contributed by atoms with van der Waals surface area (Å²) in [5.74, 6) is 1.71. The van der Waals surface area contributed by atoms with Crippen LogP contribution in [0, 0.1) is 0 Å². The monoisotopic (exact) mass is 342 g/mol. The summed E-state index contributed by atoms with van der Waals surface area (Å²) in [5, 5.41) is 3.03. The number of rotatable bonds is 8. The van der Waals surface area contributed by atoms with E-state index < -0.39 is 0 Å². The summed E-state index contributed by atoms with van der Waals surface area (Å²) in [5.41, 5.74) is 0. The van der Waals surface area contributed by atoms with Crippen molar-refractivity contribution in [2.75, 3.05) is 26.2 Å². The van der Waals surface area contributed by atoms with Gasteiger partial charge in [0.05, 0.1) is 25.3 Å². The molecule has 1 fully saturated rings. The number of nitrogens with zero attached hydrogens (tertiary/aromatic N) is 1. The Labute approximate surface area is 149 Å². The first-order valence-electron chi connectivity index (χ1n) is 9.05. The Bertz CT molecular complexity index is 622. The van der Waals surface area contributed by atoms with Crippen molar-refractivity contribution in [2.24, 2.45) is 0 Å². The molecule has 1 N–H and O–H groups in total. The first-order chi connectivity index (χ1) is 12.3. The van der Waals surface area contributed by atoms with E-state index in [2.05, 4.69) is 10.2 Å². The third-order valence-corrected chi connectivity index (χ3v) is 4.54. The molecule has 2 heterocycles. The summed E-state index contributed by atoms with van der Waals surface area (Å²) in [4.78, 5) is 14.6. The normalized spacial score (nSPS) is 16.3. The lowest BCUT2D eigenvalue weighted by atomic mass is 10.1.